The Morgan fingerprint density at radius 1 is 1.09 bits per heavy atom. The van der Waals surface area contributed by atoms with Crippen molar-refractivity contribution in [3.05, 3.63) is 35.9 Å². The number of hydrogen-bond acceptors (Lipinski definition) is 0. The Hall–Kier alpha value is -0.563. The molecular weight excluding hydrogens is 148 g/mol. The van der Waals surface area contributed by atoms with Gasteiger partial charge in [0.1, 0.15) is 0 Å². The highest BCUT2D eigenvalue weighted by Gasteiger charge is 1.87. The predicted molar refractivity (Wildman–Crippen MR) is 50.8 cm³/mol. The number of aryl methyl sites for hydroxylation is 1. The highest BCUT2D eigenvalue weighted by molar-refractivity contribution is 5.75. The van der Waals surface area contributed by atoms with Crippen LogP contribution in [-0.2, 0) is 6.42 Å². The van der Waals surface area contributed by atoms with E-state index in [0.29, 0.717) is 0 Å². The van der Waals surface area contributed by atoms with Gasteiger partial charge in [-0.2, -0.15) is 0 Å². The number of rotatable bonds is 3. The number of benzene rings is 1. The van der Waals surface area contributed by atoms with Crippen molar-refractivity contribution in [3.8, 4) is 0 Å². The van der Waals surface area contributed by atoms with Gasteiger partial charge in [0.2, 0.25) is 0 Å². The van der Waals surface area contributed by atoms with Crippen LogP contribution in [0.2, 0.25) is 0 Å². The molecule has 58 valence electrons. The molecule has 0 bridgehead atoms. The summed E-state index contributed by atoms with van der Waals surface area (Å²) in [6.07, 6.45) is 3.83. The normalized spacial score (nSPS) is 8.82. The summed E-state index contributed by atoms with van der Waals surface area (Å²) in [7, 11) is 0. The minimum Gasteiger partial charge on any atom is -0.0654 e. The molecule has 1 aromatic carbocycles. The Labute approximate surface area is 73.7 Å². The molecule has 0 aliphatic rings. The first-order valence-electron chi connectivity index (χ1n) is 3.97. The molecule has 0 N–H and O–H groups in total. The van der Waals surface area contributed by atoms with Crippen LogP contribution in [-0.4, -0.2) is 11.0 Å². The van der Waals surface area contributed by atoms with Crippen molar-refractivity contribution in [3.63, 3.8) is 0 Å². The molecular formula is C10H14Si. The van der Waals surface area contributed by atoms with E-state index in [4.69, 9.17) is 0 Å². The maximum Gasteiger partial charge on any atom is 0 e. The zero-order chi connectivity index (χ0) is 7.23. The van der Waals surface area contributed by atoms with Crippen LogP contribution in [0.15, 0.2) is 30.3 Å². The lowest BCUT2D eigenvalue weighted by molar-refractivity contribution is 0.795. The summed E-state index contributed by atoms with van der Waals surface area (Å²) in [5.41, 5.74) is 1.46. The Bertz CT molecular complexity index is 169. The van der Waals surface area contributed by atoms with Gasteiger partial charge < -0.3 is 0 Å². The van der Waals surface area contributed by atoms with Crippen LogP contribution in [0.3, 0.4) is 0 Å². The largest absolute Gasteiger partial charge is 0.0654 e. The van der Waals surface area contributed by atoms with Crippen molar-refractivity contribution in [2.75, 3.05) is 0 Å². The average Bonchev–Trinajstić information content (AvgIpc) is 2.03. The standard InChI is InChI=1S/C10H14.Si/c1-2-3-7-10-8-5-4-6-9-10;/h4-6,8-9H,2-3,7H2,1H3;. The first-order chi connectivity index (χ1) is 4.93. The molecule has 0 aliphatic carbocycles. The highest BCUT2D eigenvalue weighted by atomic mass is 28.1. The molecule has 1 heteroatoms. The zero-order valence-electron chi connectivity index (χ0n) is 7.01. The first kappa shape index (κ1) is 10.4. The molecule has 0 heterocycles. The van der Waals surface area contributed by atoms with Crippen LogP contribution in [0.5, 0.6) is 0 Å². The van der Waals surface area contributed by atoms with Gasteiger partial charge in [0, 0.05) is 11.0 Å². The first-order valence-corrected chi connectivity index (χ1v) is 3.97. The van der Waals surface area contributed by atoms with Gasteiger partial charge in [0.25, 0.3) is 0 Å². The van der Waals surface area contributed by atoms with Crippen molar-refractivity contribution in [2.45, 2.75) is 26.2 Å². The van der Waals surface area contributed by atoms with E-state index in [1.165, 1.54) is 24.8 Å². The quantitative estimate of drug-likeness (QED) is 0.599. The van der Waals surface area contributed by atoms with Crippen molar-refractivity contribution in [1.82, 2.24) is 0 Å². The third-order valence-electron chi connectivity index (χ3n) is 1.66. The summed E-state index contributed by atoms with van der Waals surface area (Å²) in [6.45, 7) is 2.23. The van der Waals surface area contributed by atoms with Gasteiger partial charge in [0.15, 0.2) is 0 Å². The van der Waals surface area contributed by atoms with Gasteiger partial charge in [-0.1, -0.05) is 43.7 Å². The molecule has 0 amide bonds. The van der Waals surface area contributed by atoms with Crippen LogP contribution >= 0.6 is 0 Å². The molecule has 4 radical (unpaired) electrons. The van der Waals surface area contributed by atoms with E-state index in [1.54, 1.807) is 0 Å². The van der Waals surface area contributed by atoms with Crippen molar-refractivity contribution in [2.24, 2.45) is 0 Å². The van der Waals surface area contributed by atoms with Crippen LogP contribution in [0, 0.1) is 0 Å². The molecule has 0 atom stereocenters. The molecule has 0 fully saturated rings. The fourth-order valence-electron chi connectivity index (χ4n) is 1.03. The SMILES string of the molecule is CCCCc1ccccc1.[Si]. The maximum absolute atomic E-state index is 2.23. The fourth-order valence-corrected chi connectivity index (χ4v) is 1.03. The van der Waals surface area contributed by atoms with Gasteiger partial charge in [0.05, 0.1) is 0 Å². The van der Waals surface area contributed by atoms with Gasteiger partial charge in [-0.3, -0.25) is 0 Å². The fraction of sp³-hybridized carbons (Fsp3) is 0.400. The van der Waals surface area contributed by atoms with Crippen molar-refractivity contribution >= 4 is 11.0 Å². The second-order valence-corrected chi connectivity index (χ2v) is 2.59. The lowest BCUT2D eigenvalue weighted by Gasteiger charge is -1.96. The Balaban J connectivity index is 0.000001000. The second kappa shape index (κ2) is 6.17. The Kier molecular flexibility index (Phi) is 5.85. The molecule has 0 aliphatic heterocycles. The molecule has 1 rings (SSSR count). The topological polar surface area (TPSA) is 0 Å². The lowest BCUT2D eigenvalue weighted by Crippen LogP contribution is -1.81. The molecule has 11 heavy (non-hydrogen) atoms. The molecule has 0 nitrogen and oxygen atoms in total. The average molecular weight is 162 g/mol. The van der Waals surface area contributed by atoms with Crippen LogP contribution in [0.1, 0.15) is 25.3 Å². The molecule has 0 saturated carbocycles. The minimum absolute atomic E-state index is 0. The predicted octanol–water partition coefficient (Wildman–Crippen LogP) is 2.65. The summed E-state index contributed by atoms with van der Waals surface area (Å²) >= 11 is 0. The summed E-state index contributed by atoms with van der Waals surface area (Å²) in [6, 6.07) is 10.6. The van der Waals surface area contributed by atoms with E-state index in [0.717, 1.165) is 0 Å². The lowest BCUT2D eigenvalue weighted by atomic mass is 10.1. The van der Waals surface area contributed by atoms with Crippen molar-refractivity contribution in [1.29, 1.82) is 0 Å². The number of hydrogen-bond donors (Lipinski definition) is 0. The summed E-state index contributed by atoms with van der Waals surface area (Å²) in [5, 5.41) is 0. The molecule has 0 unspecified atom stereocenters. The second-order valence-electron chi connectivity index (χ2n) is 2.59. The van der Waals surface area contributed by atoms with Crippen molar-refractivity contribution < 1.29 is 0 Å². The Morgan fingerprint density at radius 2 is 1.73 bits per heavy atom. The maximum atomic E-state index is 2.23. The van der Waals surface area contributed by atoms with E-state index in [-0.39, 0.29) is 11.0 Å². The van der Waals surface area contributed by atoms with Crippen LogP contribution in [0.4, 0.5) is 0 Å². The van der Waals surface area contributed by atoms with E-state index in [9.17, 15) is 0 Å². The highest BCUT2D eigenvalue weighted by Crippen LogP contribution is 2.03. The molecule has 1 aromatic rings. The summed E-state index contributed by atoms with van der Waals surface area (Å²) < 4.78 is 0. The minimum atomic E-state index is 0. The zero-order valence-corrected chi connectivity index (χ0v) is 8.01. The van der Waals surface area contributed by atoms with Crippen LogP contribution < -0.4 is 0 Å². The van der Waals surface area contributed by atoms with Gasteiger partial charge in [-0.25, -0.2) is 0 Å². The van der Waals surface area contributed by atoms with E-state index < -0.39 is 0 Å². The summed E-state index contributed by atoms with van der Waals surface area (Å²) in [5.74, 6) is 0. The smallest absolute Gasteiger partial charge is 0 e. The third-order valence-corrected chi connectivity index (χ3v) is 1.66. The Morgan fingerprint density at radius 3 is 2.27 bits per heavy atom. The van der Waals surface area contributed by atoms with E-state index in [2.05, 4.69) is 37.3 Å². The molecule has 0 spiro atoms. The van der Waals surface area contributed by atoms with Gasteiger partial charge >= 0.3 is 0 Å². The third kappa shape index (κ3) is 3.99. The van der Waals surface area contributed by atoms with E-state index in [1.807, 2.05) is 0 Å². The molecule has 0 aromatic heterocycles. The van der Waals surface area contributed by atoms with Gasteiger partial charge in [-0.05, 0) is 18.4 Å². The van der Waals surface area contributed by atoms with E-state index >= 15 is 0 Å². The van der Waals surface area contributed by atoms with Gasteiger partial charge in [-0.15, -0.1) is 0 Å². The summed E-state index contributed by atoms with van der Waals surface area (Å²) in [4.78, 5) is 0. The number of unbranched alkanes of at least 4 members (excludes halogenated alkanes) is 1. The van der Waals surface area contributed by atoms with Crippen LogP contribution in [0.25, 0.3) is 0 Å². The molecule has 0 saturated heterocycles. The monoisotopic (exact) mass is 162 g/mol.